The van der Waals surface area contributed by atoms with Crippen molar-refractivity contribution in [3.05, 3.63) is 30.1 Å². The molecule has 2 N–H and O–H groups in total. The normalized spacial score (nSPS) is 11.7. The van der Waals surface area contributed by atoms with Gasteiger partial charge in [-0.15, -0.1) is 0 Å². The highest BCUT2D eigenvalue weighted by Gasteiger charge is 2.17. The first kappa shape index (κ1) is 14.0. The van der Waals surface area contributed by atoms with Crippen LogP contribution in [0, 0.1) is 5.82 Å². The van der Waals surface area contributed by atoms with E-state index in [1.165, 1.54) is 18.2 Å². The molecule has 0 aliphatic heterocycles. The molecule has 0 spiro atoms. The number of carbonyl (C=O) groups excluding carboxylic acids is 1. The second-order valence-electron chi connectivity index (χ2n) is 3.61. The highest BCUT2D eigenvalue weighted by Crippen LogP contribution is 2.11. The van der Waals surface area contributed by atoms with Crippen molar-refractivity contribution in [1.82, 2.24) is 5.32 Å². The van der Waals surface area contributed by atoms with Gasteiger partial charge in [0, 0.05) is 6.07 Å². The van der Waals surface area contributed by atoms with Crippen molar-refractivity contribution < 1.29 is 23.8 Å². The minimum atomic E-state index is -1.10. The van der Waals surface area contributed by atoms with Crippen LogP contribution in [0.3, 0.4) is 0 Å². The largest absolute Gasteiger partial charge is 0.484 e. The first-order valence-corrected chi connectivity index (χ1v) is 5.43. The van der Waals surface area contributed by atoms with E-state index in [-0.39, 0.29) is 18.8 Å². The van der Waals surface area contributed by atoms with Crippen LogP contribution >= 0.6 is 0 Å². The second-order valence-corrected chi connectivity index (χ2v) is 3.61. The third kappa shape index (κ3) is 4.40. The van der Waals surface area contributed by atoms with Crippen LogP contribution in [0.15, 0.2) is 24.3 Å². The molecule has 0 bridgehead atoms. The molecule has 0 unspecified atom stereocenters. The Balaban J connectivity index is 2.44. The average Bonchev–Trinajstić information content (AvgIpc) is 2.33. The zero-order valence-electron chi connectivity index (χ0n) is 9.85. The van der Waals surface area contributed by atoms with E-state index in [0.717, 1.165) is 6.07 Å². The van der Waals surface area contributed by atoms with Crippen LogP contribution < -0.4 is 10.1 Å². The van der Waals surface area contributed by atoms with E-state index >= 15 is 0 Å². The number of halogens is 1. The Bertz CT molecular complexity index is 436. The summed E-state index contributed by atoms with van der Waals surface area (Å²) >= 11 is 0. The van der Waals surface area contributed by atoms with Gasteiger partial charge in [-0.3, -0.25) is 4.79 Å². The first-order chi connectivity index (χ1) is 8.52. The van der Waals surface area contributed by atoms with Crippen LogP contribution in [0.5, 0.6) is 5.75 Å². The predicted octanol–water partition coefficient (Wildman–Crippen LogP) is 1.18. The summed E-state index contributed by atoms with van der Waals surface area (Å²) in [7, 11) is 0. The smallest absolute Gasteiger partial charge is 0.326 e. The van der Waals surface area contributed by atoms with Gasteiger partial charge in [-0.2, -0.15) is 0 Å². The monoisotopic (exact) mass is 255 g/mol. The number of carbonyl (C=O) groups is 2. The van der Waals surface area contributed by atoms with Crippen LogP contribution in [0.25, 0.3) is 0 Å². The maximum atomic E-state index is 12.8. The summed E-state index contributed by atoms with van der Waals surface area (Å²) in [6, 6.07) is 4.42. The predicted molar refractivity (Wildman–Crippen MR) is 61.8 cm³/mol. The summed E-state index contributed by atoms with van der Waals surface area (Å²) in [6.45, 7) is 1.29. The van der Waals surface area contributed by atoms with Crippen LogP contribution in [0.4, 0.5) is 4.39 Å². The molecule has 0 saturated heterocycles. The molecule has 98 valence electrons. The van der Waals surface area contributed by atoms with Crippen LogP contribution in [0.1, 0.15) is 13.3 Å². The van der Waals surface area contributed by atoms with Gasteiger partial charge in [0.05, 0.1) is 0 Å². The molecule has 0 fully saturated rings. The van der Waals surface area contributed by atoms with E-state index in [1.54, 1.807) is 6.92 Å². The number of hydrogen-bond donors (Lipinski definition) is 2. The molecule has 0 radical (unpaired) electrons. The molecule has 1 aromatic carbocycles. The second kappa shape index (κ2) is 6.58. The number of ether oxygens (including phenoxy) is 1. The summed E-state index contributed by atoms with van der Waals surface area (Å²) in [6.07, 6.45) is 0.279. The van der Waals surface area contributed by atoms with Gasteiger partial charge in [-0.05, 0) is 18.6 Å². The van der Waals surface area contributed by atoms with Gasteiger partial charge in [-0.25, -0.2) is 9.18 Å². The third-order valence-electron chi connectivity index (χ3n) is 2.21. The molecular formula is C12H14FNO4. The van der Waals surface area contributed by atoms with E-state index < -0.39 is 23.7 Å². The zero-order chi connectivity index (χ0) is 13.5. The van der Waals surface area contributed by atoms with E-state index in [9.17, 15) is 14.0 Å². The third-order valence-corrected chi connectivity index (χ3v) is 2.21. The molecule has 0 saturated carbocycles. The number of benzene rings is 1. The van der Waals surface area contributed by atoms with Gasteiger partial charge in [0.2, 0.25) is 0 Å². The molecule has 1 amide bonds. The molecular weight excluding hydrogens is 241 g/mol. The lowest BCUT2D eigenvalue weighted by Crippen LogP contribution is -2.42. The van der Waals surface area contributed by atoms with Gasteiger partial charge >= 0.3 is 5.97 Å². The number of rotatable bonds is 6. The lowest BCUT2D eigenvalue weighted by molar-refractivity contribution is -0.142. The van der Waals surface area contributed by atoms with E-state index in [1.807, 2.05) is 0 Å². The van der Waals surface area contributed by atoms with Gasteiger partial charge in [0.1, 0.15) is 17.6 Å². The Hall–Kier alpha value is -2.11. The maximum absolute atomic E-state index is 12.8. The SMILES string of the molecule is CC[C@H](NC(=O)COc1cccc(F)c1)C(=O)O. The standard InChI is InChI=1S/C12H14FNO4/c1-2-10(12(16)17)14-11(15)7-18-9-5-3-4-8(13)6-9/h3-6,10H,2,7H2,1H3,(H,14,15)(H,16,17)/t10-/m0/s1. The summed E-state index contributed by atoms with van der Waals surface area (Å²) in [5.41, 5.74) is 0. The van der Waals surface area contributed by atoms with Gasteiger partial charge in [0.25, 0.3) is 5.91 Å². The topological polar surface area (TPSA) is 75.6 Å². The molecule has 1 rings (SSSR count). The molecule has 1 atom stereocenters. The minimum Gasteiger partial charge on any atom is -0.484 e. The van der Waals surface area contributed by atoms with Gasteiger partial charge in [0.15, 0.2) is 6.61 Å². The van der Waals surface area contributed by atoms with E-state index in [0.29, 0.717) is 0 Å². The Labute approximate surface area is 104 Å². The van der Waals surface area contributed by atoms with Crippen molar-refractivity contribution in [2.45, 2.75) is 19.4 Å². The molecule has 0 heterocycles. The minimum absolute atomic E-state index is 0.216. The maximum Gasteiger partial charge on any atom is 0.326 e. The summed E-state index contributed by atoms with van der Waals surface area (Å²) in [4.78, 5) is 22.1. The lowest BCUT2D eigenvalue weighted by Gasteiger charge is -2.12. The number of carboxylic acid groups (broad SMARTS) is 1. The summed E-state index contributed by atoms with van der Waals surface area (Å²) < 4.78 is 17.8. The summed E-state index contributed by atoms with van der Waals surface area (Å²) in [5.74, 6) is -1.91. The first-order valence-electron chi connectivity index (χ1n) is 5.43. The Kier molecular flexibility index (Phi) is 5.10. The molecule has 6 heteroatoms. The molecule has 0 aromatic heterocycles. The van der Waals surface area contributed by atoms with Crippen molar-refractivity contribution in [3.8, 4) is 5.75 Å². The molecule has 0 aliphatic carbocycles. The fraction of sp³-hybridized carbons (Fsp3) is 0.333. The molecule has 0 aliphatic rings. The van der Waals surface area contributed by atoms with Gasteiger partial charge < -0.3 is 15.2 Å². The highest BCUT2D eigenvalue weighted by molar-refractivity contribution is 5.84. The number of carboxylic acids is 1. The molecule has 18 heavy (non-hydrogen) atoms. The van der Waals surface area contributed by atoms with Crippen molar-refractivity contribution in [3.63, 3.8) is 0 Å². The van der Waals surface area contributed by atoms with Crippen molar-refractivity contribution >= 4 is 11.9 Å². The van der Waals surface area contributed by atoms with E-state index in [4.69, 9.17) is 9.84 Å². The molecule has 1 aromatic rings. The number of hydrogen-bond acceptors (Lipinski definition) is 3. The fourth-order valence-corrected chi connectivity index (χ4v) is 1.28. The summed E-state index contributed by atoms with van der Waals surface area (Å²) in [5, 5.41) is 11.0. The number of aliphatic carboxylic acids is 1. The average molecular weight is 255 g/mol. The quantitative estimate of drug-likeness (QED) is 0.800. The van der Waals surface area contributed by atoms with Crippen molar-refractivity contribution in [1.29, 1.82) is 0 Å². The van der Waals surface area contributed by atoms with Crippen molar-refractivity contribution in [2.75, 3.05) is 6.61 Å². The van der Waals surface area contributed by atoms with Gasteiger partial charge in [-0.1, -0.05) is 13.0 Å². The van der Waals surface area contributed by atoms with E-state index in [2.05, 4.69) is 5.32 Å². The Morgan fingerprint density at radius 1 is 1.50 bits per heavy atom. The van der Waals surface area contributed by atoms with Crippen LogP contribution in [-0.4, -0.2) is 29.6 Å². The zero-order valence-corrected chi connectivity index (χ0v) is 9.85. The molecule has 5 nitrogen and oxygen atoms in total. The fourth-order valence-electron chi connectivity index (χ4n) is 1.28. The Morgan fingerprint density at radius 3 is 2.78 bits per heavy atom. The lowest BCUT2D eigenvalue weighted by atomic mass is 10.2. The Morgan fingerprint density at radius 2 is 2.22 bits per heavy atom. The van der Waals surface area contributed by atoms with Crippen LogP contribution in [-0.2, 0) is 9.59 Å². The van der Waals surface area contributed by atoms with Crippen LogP contribution in [0.2, 0.25) is 0 Å². The van der Waals surface area contributed by atoms with Crippen molar-refractivity contribution in [2.24, 2.45) is 0 Å². The number of nitrogens with one attached hydrogen (secondary N) is 1. The number of amides is 1. The highest BCUT2D eigenvalue weighted by atomic mass is 19.1.